The molecule has 0 heterocycles. The molecular weight excluding hydrogens is 158 g/mol. The number of likely N-dealkylation sites (N-methyl/N-ethyl adjacent to an activating group) is 1. The fourth-order valence-corrected chi connectivity index (χ4v) is 0.748. The largest absolute Gasteiger partial charge is 0.465 e. The second kappa shape index (κ2) is 7.06. The number of hydrogen-bond acceptors (Lipinski definition) is 4. The Morgan fingerprint density at radius 3 is 2.50 bits per heavy atom. The molecule has 0 spiro atoms. The molecular formula is C8H17NO3. The highest BCUT2D eigenvalue weighted by Crippen LogP contribution is 1.90. The highest BCUT2D eigenvalue weighted by atomic mass is 16.5. The van der Waals surface area contributed by atoms with Gasteiger partial charge >= 0.3 is 5.97 Å². The summed E-state index contributed by atoms with van der Waals surface area (Å²) in [7, 11) is 1.71. The van der Waals surface area contributed by atoms with Gasteiger partial charge in [-0.1, -0.05) is 0 Å². The first-order valence-electron chi connectivity index (χ1n) is 4.17. The number of rotatable bonds is 6. The number of carbonyl (C=O) groups excluding carboxylic acids is 1. The van der Waals surface area contributed by atoms with Crippen molar-refractivity contribution in [1.29, 1.82) is 0 Å². The molecule has 4 nitrogen and oxygen atoms in total. The lowest BCUT2D eigenvalue weighted by Crippen LogP contribution is -2.39. The van der Waals surface area contributed by atoms with E-state index in [0.717, 1.165) is 0 Å². The first-order valence-corrected chi connectivity index (χ1v) is 4.17. The Balaban J connectivity index is 3.71. The fourth-order valence-electron chi connectivity index (χ4n) is 0.748. The van der Waals surface area contributed by atoms with Crippen molar-refractivity contribution in [2.75, 3.05) is 26.9 Å². The topological polar surface area (TPSA) is 47.6 Å². The van der Waals surface area contributed by atoms with E-state index in [1.54, 1.807) is 14.0 Å². The van der Waals surface area contributed by atoms with Crippen LogP contribution < -0.4 is 5.32 Å². The van der Waals surface area contributed by atoms with Crippen molar-refractivity contribution in [2.24, 2.45) is 0 Å². The van der Waals surface area contributed by atoms with Crippen LogP contribution in [0, 0.1) is 0 Å². The molecule has 1 atom stereocenters. The maximum atomic E-state index is 11.1. The molecule has 0 aliphatic rings. The van der Waals surface area contributed by atoms with Gasteiger partial charge in [-0.15, -0.1) is 0 Å². The monoisotopic (exact) mass is 175 g/mol. The third kappa shape index (κ3) is 4.31. The Morgan fingerprint density at radius 2 is 2.08 bits per heavy atom. The van der Waals surface area contributed by atoms with E-state index >= 15 is 0 Å². The molecule has 0 radical (unpaired) electrons. The van der Waals surface area contributed by atoms with Gasteiger partial charge in [0.05, 0.1) is 13.2 Å². The Labute approximate surface area is 73.2 Å². The number of nitrogens with one attached hydrogen (secondary N) is 1. The van der Waals surface area contributed by atoms with E-state index in [-0.39, 0.29) is 12.0 Å². The van der Waals surface area contributed by atoms with Gasteiger partial charge < -0.3 is 14.8 Å². The van der Waals surface area contributed by atoms with Gasteiger partial charge in [0.25, 0.3) is 0 Å². The van der Waals surface area contributed by atoms with E-state index in [1.165, 1.54) is 0 Å². The number of ether oxygens (including phenoxy) is 2. The lowest BCUT2D eigenvalue weighted by atomic mass is 10.3. The van der Waals surface area contributed by atoms with E-state index in [4.69, 9.17) is 9.47 Å². The van der Waals surface area contributed by atoms with E-state index in [0.29, 0.717) is 19.8 Å². The molecule has 1 N–H and O–H groups in total. The van der Waals surface area contributed by atoms with Crippen LogP contribution in [-0.4, -0.2) is 38.9 Å². The van der Waals surface area contributed by atoms with Gasteiger partial charge in [0, 0.05) is 6.61 Å². The summed E-state index contributed by atoms with van der Waals surface area (Å²) in [6.07, 6.45) is 0. The molecule has 0 rings (SSSR count). The molecule has 0 aromatic carbocycles. The molecule has 0 saturated carbocycles. The Bertz CT molecular complexity index is 127. The molecule has 72 valence electrons. The zero-order valence-electron chi connectivity index (χ0n) is 7.92. The Kier molecular flexibility index (Phi) is 6.70. The summed E-state index contributed by atoms with van der Waals surface area (Å²) in [5, 5.41) is 2.82. The maximum absolute atomic E-state index is 11.1. The summed E-state index contributed by atoms with van der Waals surface area (Å²) in [6.45, 7) is 5.05. The predicted molar refractivity (Wildman–Crippen MR) is 46.0 cm³/mol. The van der Waals surface area contributed by atoms with E-state index in [1.807, 2.05) is 6.92 Å². The first-order chi connectivity index (χ1) is 5.76. The van der Waals surface area contributed by atoms with Crippen LogP contribution in [0.3, 0.4) is 0 Å². The summed E-state index contributed by atoms with van der Waals surface area (Å²) < 4.78 is 9.90. The van der Waals surface area contributed by atoms with Crippen LogP contribution in [0.15, 0.2) is 0 Å². The third-order valence-electron chi connectivity index (χ3n) is 1.41. The summed E-state index contributed by atoms with van der Waals surface area (Å²) in [6, 6.07) is -0.343. The molecule has 0 saturated heterocycles. The fraction of sp³-hybridized carbons (Fsp3) is 0.875. The van der Waals surface area contributed by atoms with Gasteiger partial charge in [0.15, 0.2) is 0 Å². The van der Waals surface area contributed by atoms with Gasteiger partial charge in [-0.25, -0.2) is 0 Å². The molecule has 0 amide bonds. The number of hydrogen-bond donors (Lipinski definition) is 1. The zero-order valence-corrected chi connectivity index (χ0v) is 7.92. The number of carbonyl (C=O) groups is 1. The van der Waals surface area contributed by atoms with Crippen molar-refractivity contribution < 1.29 is 14.3 Å². The van der Waals surface area contributed by atoms with Crippen LogP contribution >= 0.6 is 0 Å². The lowest BCUT2D eigenvalue weighted by molar-refractivity contribution is -0.147. The quantitative estimate of drug-likeness (QED) is 0.585. The van der Waals surface area contributed by atoms with Crippen molar-refractivity contribution in [1.82, 2.24) is 5.32 Å². The van der Waals surface area contributed by atoms with E-state index in [9.17, 15) is 4.79 Å². The second-order valence-corrected chi connectivity index (χ2v) is 2.25. The van der Waals surface area contributed by atoms with Crippen LogP contribution in [-0.2, 0) is 14.3 Å². The van der Waals surface area contributed by atoms with Crippen molar-refractivity contribution in [2.45, 2.75) is 19.9 Å². The average molecular weight is 175 g/mol. The van der Waals surface area contributed by atoms with Crippen molar-refractivity contribution in [3.05, 3.63) is 0 Å². The zero-order chi connectivity index (χ0) is 9.40. The molecule has 0 fully saturated rings. The molecule has 4 heteroatoms. The minimum absolute atomic E-state index is 0.256. The lowest BCUT2D eigenvalue weighted by Gasteiger charge is -2.13. The maximum Gasteiger partial charge on any atom is 0.325 e. The van der Waals surface area contributed by atoms with E-state index in [2.05, 4.69) is 5.32 Å². The molecule has 0 aliphatic carbocycles. The summed E-state index contributed by atoms with van der Waals surface area (Å²) in [5.41, 5.74) is 0. The Morgan fingerprint density at radius 1 is 1.42 bits per heavy atom. The molecule has 0 aliphatic heterocycles. The van der Waals surface area contributed by atoms with Crippen LogP contribution in [0.1, 0.15) is 13.8 Å². The van der Waals surface area contributed by atoms with Crippen molar-refractivity contribution >= 4 is 5.97 Å². The van der Waals surface area contributed by atoms with Gasteiger partial charge in [-0.05, 0) is 20.9 Å². The molecule has 0 bridgehead atoms. The predicted octanol–water partition coefficient (Wildman–Crippen LogP) is 0.174. The van der Waals surface area contributed by atoms with Gasteiger partial charge in [0.2, 0.25) is 0 Å². The van der Waals surface area contributed by atoms with Crippen LogP contribution in [0.25, 0.3) is 0 Å². The summed E-state index contributed by atoms with van der Waals surface area (Å²) in [4.78, 5) is 11.1. The molecule has 1 unspecified atom stereocenters. The molecule has 0 aromatic heterocycles. The number of esters is 1. The SMILES string of the molecule is CCOCC(NC)C(=O)OCC. The normalized spacial score (nSPS) is 12.6. The van der Waals surface area contributed by atoms with E-state index < -0.39 is 0 Å². The minimum atomic E-state index is -0.343. The van der Waals surface area contributed by atoms with Crippen LogP contribution in [0.2, 0.25) is 0 Å². The highest BCUT2D eigenvalue weighted by molar-refractivity contribution is 5.75. The first kappa shape index (κ1) is 11.4. The molecule has 0 aromatic rings. The van der Waals surface area contributed by atoms with Crippen LogP contribution in [0.5, 0.6) is 0 Å². The van der Waals surface area contributed by atoms with Gasteiger partial charge in [-0.3, -0.25) is 4.79 Å². The average Bonchev–Trinajstić information content (AvgIpc) is 2.06. The second-order valence-electron chi connectivity index (χ2n) is 2.25. The molecule has 12 heavy (non-hydrogen) atoms. The van der Waals surface area contributed by atoms with Crippen molar-refractivity contribution in [3.8, 4) is 0 Å². The Hall–Kier alpha value is -0.610. The minimum Gasteiger partial charge on any atom is -0.465 e. The van der Waals surface area contributed by atoms with Crippen LogP contribution in [0.4, 0.5) is 0 Å². The van der Waals surface area contributed by atoms with Crippen molar-refractivity contribution in [3.63, 3.8) is 0 Å². The van der Waals surface area contributed by atoms with Gasteiger partial charge in [0.1, 0.15) is 6.04 Å². The third-order valence-corrected chi connectivity index (χ3v) is 1.41. The summed E-state index contributed by atoms with van der Waals surface area (Å²) >= 11 is 0. The van der Waals surface area contributed by atoms with Gasteiger partial charge in [-0.2, -0.15) is 0 Å². The smallest absolute Gasteiger partial charge is 0.325 e. The standard InChI is InChI=1S/C8H17NO3/c1-4-11-6-7(9-3)8(10)12-5-2/h7,9H,4-6H2,1-3H3. The highest BCUT2D eigenvalue weighted by Gasteiger charge is 2.16. The summed E-state index contributed by atoms with van der Waals surface area (Å²) in [5.74, 6) is -0.256.